The zero-order valence-electron chi connectivity index (χ0n) is 11.2. The summed E-state index contributed by atoms with van der Waals surface area (Å²) in [7, 11) is 0. The standard InChI is InChI=1S/C15H20N2O/c1-15(2,3)9-10-16-14(18)17-11-8-12-6-4-5-7-13(12)17/h4-7,9-10H,8,11H2,1-3H3,(H,16,18)/b10-9+. The zero-order chi connectivity index (χ0) is 13.2. The maximum atomic E-state index is 12.1. The first-order valence-electron chi connectivity index (χ1n) is 6.31. The number of amides is 2. The Bertz CT molecular complexity index is 472. The van der Waals surface area contributed by atoms with E-state index in [2.05, 4.69) is 32.2 Å². The van der Waals surface area contributed by atoms with E-state index in [1.807, 2.05) is 24.3 Å². The van der Waals surface area contributed by atoms with Crippen LogP contribution in [0.2, 0.25) is 0 Å². The minimum absolute atomic E-state index is 0.0551. The van der Waals surface area contributed by atoms with Crippen LogP contribution in [-0.4, -0.2) is 12.6 Å². The average Bonchev–Trinajstić information content (AvgIpc) is 2.70. The van der Waals surface area contributed by atoms with Crippen LogP contribution in [-0.2, 0) is 6.42 Å². The molecule has 1 aliphatic rings. The number of para-hydroxylation sites is 1. The SMILES string of the molecule is CC(C)(C)/C=C/NC(=O)N1CCc2ccccc21. The van der Waals surface area contributed by atoms with E-state index in [1.54, 1.807) is 11.1 Å². The van der Waals surface area contributed by atoms with Gasteiger partial charge < -0.3 is 5.32 Å². The molecule has 0 unspecified atom stereocenters. The second-order valence-corrected chi connectivity index (χ2v) is 5.68. The van der Waals surface area contributed by atoms with Gasteiger partial charge in [-0.2, -0.15) is 0 Å². The van der Waals surface area contributed by atoms with Crippen LogP contribution < -0.4 is 10.2 Å². The molecule has 18 heavy (non-hydrogen) atoms. The van der Waals surface area contributed by atoms with Crippen LogP contribution in [0.15, 0.2) is 36.5 Å². The van der Waals surface area contributed by atoms with Gasteiger partial charge in [0.25, 0.3) is 0 Å². The molecular weight excluding hydrogens is 224 g/mol. The van der Waals surface area contributed by atoms with Crippen LogP contribution in [0.3, 0.4) is 0 Å². The molecule has 0 bridgehead atoms. The van der Waals surface area contributed by atoms with Crippen LogP contribution in [0.5, 0.6) is 0 Å². The van der Waals surface area contributed by atoms with E-state index in [-0.39, 0.29) is 11.4 Å². The second kappa shape index (κ2) is 4.84. The van der Waals surface area contributed by atoms with Crippen LogP contribution >= 0.6 is 0 Å². The van der Waals surface area contributed by atoms with Crippen molar-refractivity contribution >= 4 is 11.7 Å². The van der Waals surface area contributed by atoms with Gasteiger partial charge in [-0.1, -0.05) is 45.0 Å². The molecule has 1 heterocycles. The molecule has 96 valence electrons. The Morgan fingerprint density at radius 3 is 2.78 bits per heavy atom. The largest absolute Gasteiger partial charge is 0.325 e. The number of carbonyl (C=O) groups excluding carboxylic acids is 1. The van der Waals surface area contributed by atoms with Gasteiger partial charge in [-0.15, -0.1) is 0 Å². The van der Waals surface area contributed by atoms with Crippen molar-refractivity contribution in [2.45, 2.75) is 27.2 Å². The third-order valence-corrected chi connectivity index (χ3v) is 2.92. The molecule has 2 rings (SSSR count). The Hall–Kier alpha value is -1.77. The molecule has 0 spiro atoms. The summed E-state index contributed by atoms with van der Waals surface area (Å²) in [6.07, 6.45) is 4.67. The lowest BCUT2D eigenvalue weighted by Crippen LogP contribution is -2.36. The number of urea groups is 1. The quantitative estimate of drug-likeness (QED) is 0.807. The fraction of sp³-hybridized carbons (Fsp3) is 0.400. The fourth-order valence-electron chi connectivity index (χ4n) is 1.99. The summed E-state index contributed by atoms with van der Waals surface area (Å²) in [5, 5.41) is 2.83. The molecule has 2 amide bonds. The van der Waals surface area contributed by atoms with Crippen LogP contribution in [0.25, 0.3) is 0 Å². The monoisotopic (exact) mass is 244 g/mol. The van der Waals surface area contributed by atoms with Crippen molar-refractivity contribution < 1.29 is 4.79 Å². The first kappa shape index (κ1) is 12.7. The predicted octanol–water partition coefficient (Wildman–Crippen LogP) is 3.32. The number of nitrogens with zero attached hydrogens (tertiary/aromatic N) is 1. The number of rotatable bonds is 1. The molecular formula is C15H20N2O. The average molecular weight is 244 g/mol. The van der Waals surface area contributed by atoms with E-state index in [4.69, 9.17) is 0 Å². The molecule has 0 atom stereocenters. The molecule has 0 saturated heterocycles. The second-order valence-electron chi connectivity index (χ2n) is 5.68. The minimum Gasteiger partial charge on any atom is -0.315 e. The van der Waals surface area contributed by atoms with E-state index in [1.165, 1.54) is 5.56 Å². The summed E-state index contributed by atoms with van der Waals surface area (Å²) in [6.45, 7) is 7.05. The summed E-state index contributed by atoms with van der Waals surface area (Å²) in [6, 6.07) is 8.00. The van der Waals surface area contributed by atoms with Gasteiger partial charge in [0, 0.05) is 18.4 Å². The molecule has 1 aromatic rings. The molecule has 0 saturated carbocycles. The lowest BCUT2D eigenvalue weighted by Gasteiger charge is -2.17. The Labute approximate surface area is 108 Å². The van der Waals surface area contributed by atoms with Crippen molar-refractivity contribution in [2.24, 2.45) is 5.41 Å². The lowest BCUT2D eigenvalue weighted by atomic mass is 9.97. The third-order valence-electron chi connectivity index (χ3n) is 2.92. The van der Waals surface area contributed by atoms with Crippen LogP contribution in [0, 0.1) is 5.41 Å². The smallest absolute Gasteiger partial charge is 0.315 e. The van der Waals surface area contributed by atoms with Crippen LogP contribution in [0.4, 0.5) is 10.5 Å². The molecule has 1 aliphatic heterocycles. The first-order valence-corrected chi connectivity index (χ1v) is 6.31. The Kier molecular flexibility index (Phi) is 3.41. The molecule has 0 radical (unpaired) electrons. The van der Waals surface area contributed by atoms with Gasteiger partial charge in [-0.05, 0) is 23.5 Å². The number of carbonyl (C=O) groups is 1. The maximum Gasteiger partial charge on any atom is 0.325 e. The van der Waals surface area contributed by atoms with Gasteiger partial charge >= 0.3 is 6.03 Å². The highest BCUT2D eigenvalue weighted by Gasteiger charge is 2.23. The highest BCUT2D eigenvalue weighted by Crippen LogP contribution is 2.27. The summed E-state index contributed by atoms with van der Waals surface area (Å²) in [5.74, 6) is 0. The number of anilines is 1. The normalized spacial score (nSPS) is 14.9. The van der Waals surface area contributed by atoms with Gasteiger partial charge in [-0.25, -0.2) is 4.79 Å². The van der Waals surface area contributed by atoms with Crippen molar-refractivity contribution in [3.8, 4) is 0 Å². The highest BCUT2D eigenvalue weighted by molar-refractivity contribution is 5.94. The summed E-state index contributed by atoms with van der Waals surface area (Å²) < 4.78 is 0. The molecule has 0 aromatic heterocycles. The van der Waals surface area contributed by atoms with E-state index >= 15 is 0 Å². The molecule has 0 aliphatic carbocycles. The van der Waals surface area contributed by atoms with Gasteiger partial charge in [0.1, 0.15) is 0 Å². The van der Waals surface area contributed by atoms with E-state index in [0.29, 0.717) is 0 Å². The maximum absolute atomic E-state index is 12.1. The molecule has 1 N–H and O–H groups in total. The molecule has 3 heteroatoms. The van der Waals surface area contributed by atoms with E-state index < -0.39 is 0 Å². The molecule has 0 fully saturated rings. The number of fused-ring (bicyclic) bond motifs is 1. The third kappa shape index (κ3) is 2.92. The van der Waals surface area contributed by atoms with Gasteiger partial charge in [-0.3, -0.25) is 4.90 Å². The lowest BCUT2D eigenvalue weighted by molar-refractivity contribution is 0.250. The number of hydrogen-bond donors (Lipinski definition) is 1. The minimum atomic E-state index is -0.0551. The number of nitrogens with one attached hydrogen (secondary N) is 1. The molecule has 3 nitrogen and oxygen atoms in total. The number of benzene rings is 1. The molecule has 1 aromatic carbocycles. The van der Waals surface area contributed by atoms with Crippen molar-refractivity contribution in [1.29, 1.82) is 0 Å². The Morgan fingerprint density at radius 2 is 2.06 bits per heavy atom. The highest BCUT2D eigenvalue weighted by atomic mass is 16.2. The number of hydrogen-bond acceptors (Lipinski definition) is 1. The summed E-state index contributed by atoms with van der Waals surface area (Å²) in [4.78, 5) is 13.9. The van der Waals surface area contributed by atoms with Crippen molar-refractivity contribution in [3.63, 3.8) is 0 Å². The van der Waals surface area contributed by atoms with E-state index in [9.17, 15) is 4.79 Å². The van der Waals surface area contributed by atoms with Crippen molar-refractivity contribution in [2.75, 3.05) is 11.4 Å². The van der Waals surface area contributed by atoms with Gasteiger partial charge in [0.2, 0.25) is 0 Å². The summed E-state index contributed by atoms with van der Waals surface area (Å²) in [5.41, 5.74) is 2.35. The van der Waals surface area contributed by atoms with Crippen molar-refractivity contribution in [1.82, 2.24) is 5.32 Å². The van der Waals surface area contributed by atoms with Gasteiger partial charge in [0.05, 0.1) is 0 Å². The first-order chi connectivity index (χ1) is 8.47. The predicted molar refractivity (Wildman–Crippen MR) is 74.6 cm³/mol. The zero-order valence-corrected chi connectivity index (χ0v) is 11.2. The van der Waals surface area contributed by atoms with Gasteiger partial charge in [0.15, 0.2) is 0 Å². The summed E-state index contributed by atoms with van der Waals surface area (Å²) >= 11 is 0. The van der Waals surface area contributed by atoms with Crippen molar-refractivity contribution in [3.05, 3.63) is 42.1 Å². The topological polar surface area (TPSA) is 32.3 Å². The van der Waals surface area contributed by atoms with E-state index in [0.717, 1.165) is 18.7 Å². The number of allylic oxidation sites excluding steroid dienone is 1. The Balaban J connectivity index is 2.02. The Morgan fingerprint density at radius 1 is 1.33 bits per heavy atom. The fourth-order valence-corrected chi connectivity index (χ4v) is 1.99. The van der Waals surface area contributed by atoms with Crippen LogP contribution in [0.1, 0.15) is 26.3 Å².